The maximum absolute atomic E-state index is 12.5. The molecule has 1 aliphatic rings. The third-order valence-electron chi connectivity index (χ3n) is 5.44. The molecule has 1 aromatic rings. The van der Waals surface area contributed by atoms with Crippen molar-refractivity contribution in [2.24, 2.45) is 5.92 Å². The van der Waals surface area contributed by atoms with Gasteiger partial charge in [0.15, 0.2) is 6.61 Å². The van der Waals surface area contributed by atoms with Gasteiger partial charge >= 0.3 is 5.97 Å². The van der Waals surface area contributed by atoms with Crippen LogP contribution in [0.25, 0.3) is 6.08 Å². The molecule has 0 aromatic heterocycles. The molecule has 0 aliphatic heterocycles. The van der Waals surface area contributed by atoms with Gasteiger partial charge in [0.2, 0.25) is 10.0 Å². The maximum atomic E-state index is 12.5. The van der Waals surface area contributed by atoms with Crippen molar-refractivity contribution >= 4 is 28.0 Å². The Balaban J connectivity index is 1.85. The first-order valence-electron chi connectivity index (χ1n) is 10.5. The van der Waals surface area contributed by atoms with Gasteiger partial charge < -0.3 is 10.1 Å². The number of carbonyl (C=O) groups is 2. The predicted molar refractivity (Wildman–Crippen MR) is 116 cm³/mol. The summed E-state index contributed by atoms with van der Waals surface area (Å²) in [6, 6.07) is 6.41. The second-order valence-electron chi connectivity index (χ2n) is 7.54. The molecule has 0 spiro atoms. The molecule has 2 rings (SSSR count). The maximum Gasteiger partial charge on any atom is 0.331 e. The smallest absolute Gasteiger partial charge is 0.331 e. The number of esters is 1. The Hall–Kier alpha value is -2.19. The van der Waals surface area contributed by atoms with E-state index in [1.54, 1.807) is 26.0 Å². The number of nitrogens with one attached hydrogen (secondary N) is 1. The largest absolute Gasteiger partial charge is 0.452 e. The number of carbonyl (C=O) groups excluding carboxylic acids is 2. The molecule has 8 heteroatoms. The van der Waals surface area contributed by atoms with E-state index in [0.717, 1.165) is 19.3 Å². The summed E-state index contributed by atoms with van der Waals surface area (Å²) in [5.74, 6) is -0.477. The van der Waals surface area contributed by atoms with E-state index in [1.165, 1.54) is 35.0 Å². The molecule has 0 saturated heterocycles. The SMILES string of the molecule is CCN(CC)S(=O)(=O)c1ccc(/C=C/C(=O)OCC(=O)NC2CCCCC2C)cc1. The average molecular weight is 437 g/mol. The standard InChI is InChI=1S/C22H32N2O5S/c1-4-24(5-2)30(27,28)19-13-10-18(11-14-19)12-15-22(26)29-16-21(25)23-20-9-7-6-8-17(20)3/h10-15,17,20H,4-9,16H2,1-3H3,(H,23,25)/b15-12+. The number of hydrogen-bond acceptors (Lipinski definition) is 5. The lowest BCUT2D eigenvalue weighted by atomic mass is 9.86. The van der Waals surface area contributed by atoms with E-state index in [4.69, 9.17) is 4.74 Å². The Bertz CT molecular complexity index is 845. The summed E-state index contributed by atoms with van der Waals surface area (Å²) in [5.41, 5.74) is 0.658. The highest BCUT2D eigenvalue weighted by molar-refractivity contribution is 7.89. The zero-order valence-corrected chi connectivity index (χ0v) is 18.8. The number of amides is 1. The highest BCUT2D eigenvalue weighted by Crippen LogP contribution is 2.23. The molecule has 2 atom stereocenters. The summed E-state index contributed by atoms with van der Waals surface area (Å²) in [4.78, 5) is 24.1. The Morgan fingerprint density at radius 3 is 2.37 bits per heavy atom. The first-order chi connectivity index (χ1) is 14.3. The summed E-state index contributed by atoms with van der Waals surface area (Å²) in [6.45, 7) is 6.20. The minimum atomic E-state index is -3.51. The van der Waals surface area contributed by atoms with E-state index in [-0.39, 0.29) is 23.5 Å². The van der Waals surface area contributed by atoms with Gasteiger partial charge in [-0.05, 0) is 42.5 Å². The van der Waals surface area contributed by atoms with Crippen LogP contribution in [-0.2, 0) is 24.3 Å². The van der Waals surface area contributed by atoms with Crippen LogP contribution in [0.4, 0.5) is 0 Å². The number of benzene rings is 1. The van der Waals surface area contributed by atoms with Crippen molar-refractivity contribution in [3.8, 4) is 0 Å². The summed E-state index contributed by atoms with van der Waals surface area (Å²) in [7, 11) is -3.51. The molecular weight excluding hydrogens is 404 g/mol. The molecule has 1 aromatic carbocycles. The molecule has 0 heterocycles. The molecular formula is C22H32N2O5S. The van der Waals surface area contributed by atoms with E-state index < -0.39 is 16.0 Å². The van der Waals surface area contributed by atoms with E-state index >= 15 is 0 Å². The lowest BCUT2D eigenvalue weighted by Crippen LogP contribution is -2.42. The van der Waals surface area contributed by atoms with Crippen molar-refractivity contribution in [2.45, 2.75) is 57.4 Å². The Morgan fingerprint density at radius 2 is 1.77 bits per heavy atom. The number of sulfonamides is 1. The molecule has 1 saturated carbocycles. The van der Waals surface area contributed by atoms with Crippen LogP contribution in [-0.4, -0.2) is 50.3 Å². The van der Waals surface area contributed by atoms with E-state index in [0.29, 0.717) is 24.6 Å². The van der Waals surface area contributed by atoms with Crippen LogP contribution in [0.15, 0.2) is 35.2 Å². The van der Waals surface area contributed by atoms with Crippen LogP contribution >= 0.6 is 0 Å². The lowest BCUT2D eigenvalue weighted by Gasteiger charge is -2.29. The van der Waals surface area contributed by atoms with E-state index in [9.17, 15) is 18.0 Å². The molecule has 1 amide bonds. The summed E-state index contributed by atoms with van der Waals surface area (Å²) >= 11 is 0. The lowest BCUT2D eigenvalue weighted by molar-refractivity contribution is -0.144. The number of nitrogens with zero attached hydrogens (tertiary/aromatic N) is 1. The minimum absolute atomic E-state index is 0.145. The fraction of sp³-hybridized carbons (Fsp3) is 0.545. The van der Waals surface area contributed by atoms with Gasteiger partial charge in [-0.25, -0.2) is 13.2 Å². The molecule has 1 aliphatic carbocycles. The number of hydrogen-bond donors (Lipinski definition) is 1. The fourth-order valence-electron chi connectivity index (χ4n) is 3.59. The molecule has 166 valence electrons. The van der Waals surface area contributed by atoms with Crippen molar-refractivity contribution in [1.29, 1.82) is 0 Å². The Kier molecular flexibility index (Phi) is 9.05. The topological polar surface area (TPSA) is 92.8 Å². The molecule has 30 heavy (non-hydrogen) atoms. The second-order valence-corrected chi connectivity index (χ2v) is 9.47. The van der Waals surface area contributed by atoms with Gasteiger partial charge in [0, 0.05) is 25.2 Å². The molecule has 2 unspecified atom stereocenters. The summed E-state index contributed by atoms with van der Waals surface area (Å²) in [6.07, 6.45) is 7.10. The molecule has 1 fully saturated rings. The summed E-state index contributed by atoms with van der Waals surface area (Å²) in [5, 5.41) is 2.94. The van der Waals surface area contributed by atoms with Gasteiger partial charge in [-0.1, -0.05) is 45.7 Å². The van der Waals surface area contributed by atoms with Crippen LogP contribution in [0.1, 0.15) is 52.0 Å². The normalized spacial score (nSPS) is 19.7. The molecule has 0 radical (unpaired) electrons. The first kappa shape index (κ1) is 24.1. The van der Waals surface area contributed by atoms with Crippen LogP contribution < -0.4 is 5.32 Å². The van der Waals surface area contributed by atoms with Crippen LogP contribution in [0.3, 0.4) is 0 Å². The number of rotatable bonds is 9. The molecule has 0 bridgehead atoms. The van der Waals surface area contributed by atoms with Gasteiger partial charge in [0.25, 0.3) is 5.91 Å². The summed E-state index contributed by atoms with van der Waals surface area (Å²) < 4.78 is 31.3. The zero-order chi connectivity index (χ0) is 22.1. The van der Waals surface area contributed by atoms with Gasteiger partial charge in [0.05, 0.1) is 4.90 Å². The molecule has 7 nitrogen and oxygen atoms in total. The first-order valence-corrected chi connectivity index (χ1v) is 12.0. The second kappa shape index (κ2) is 11.3. The van der Waals surface area contributed by atoms with Gasteiger partial charge in [-0.3, -0.25) is 4.79 Å². The van der Waals surface area contributed by atoms with Crippen molar-refractivity contribution in [3.05, 3.63) is 35.9 Å². The Morgan fingerprint density at radius 1 is 1.13 bits per heavy atom. The highest BCUT2D eigenvalue weighted by atomic mass is 32.2. The highest BCUT2D eigenvalue weighted by Gasteiger charge is 2.23. The predicted octanol–water partition coefficient (Wildman–Crippen LogP) is 2.97. The minimum Gasteiger partial charge on any atom is -0.452 e. The third kappa shape index (κ3) is 6.67. The zero-order valence-electron chi connectivity index (χ0n) is 18.0. The van der Waals surface area contributed by atoms with Crippen molar-refractivity contribution in [1.82, 2.24) is 9.62 Å². The van der Waals surface area contributed by atoms with Crippen LogP contribution in [0.5, 0.6) is 0 Å². The molecule has 1 N–H and O–H groups in total. The van der Waals surface area contributed by atoms with E-state index in [2.05, 4.69) is 12.2 Å². The van der Waals surface area contributed by atoms with Crippen molar-refractivity contribution in [2.75, 3.05) is 19.7 Å². The van der Waals surface area contributed by atoms with E-state index in [1.807, 2.05) is 0 Å². The van der Waals surface area contributed by atoms with Gasteiger partial charge in [0.1, 0.15) is 0 Å². The van der Waals surface area contributed by atoms with Crippen LogP contribution in [0.2, 0.25) is 0 Å². The van der Waals surface area contributed by atoms with Gasteiger partial charge in [-0.2, -0.15) is 4.31 Å². The van der Waals surface area contributed by atoms with Crippen LogP contribution in [0, 0.1) is 5.92 Å². The van der Waals surface area contributed by atoms with Gasteiger partial charge in [-0.15, -0.1) is 0 Å². The average Bonchev–Trinajstić information content (AvgIpc) is 2.73. The Labute approximate surface area is 179 Å². The quantitative estimate of drug-likeness (QED) is 0.475. The number of ether oxygens (including phenoxy) is 1. The monoisotopic (exact) mass is 436 g/mol. The fourth-order valence-corrected chi connectivity index (χ4v) is 5.05. The van der Waals surface area contributed by atoms with Crippen molar-refractivity contribution in [3.63, 3.8) is 0 Å². The third-order valence-corrected chi connectivity index (χ3v) is 7.50. The van der Waals surface area contributed by atoms with Crippen molar-refractivity contribution < 1.29 is 22.7 Å².